The molecule has 2 amide bonds. The molecule has 1 aromatic rings. The lowest BCUT2D eigenvalue weighted by Gasteiger charge is -2.20. The minimum Gasteiger partial charge on any atom is -0.349 e. The fourth-order valence-electron chi connectivity index (χ4n) is 1.48. The topological polar surface area (TPSA) is 58.2 Å². The summed E-state index contributed by atoms with van der Waals surface area (Å²) < 4.78 is 0.696. The first kappa shape index (κ1) is 15.0. The average Bonchev–Trinajstić information content (AvgIpc) is 2.68. The molecule has 4 nitrogen and oxygen atoms in total. The van der Waals surface area contributed by atoms with Crippen LogP contribution in [0.2, 0.25) is 4.34 Å². The zero-order valence-corrected chi connectivity index (χ0v) is 12.2. The standard InChI is InChI=1S/C12H17ClN2O2S/c1-7(2)11(15-8(3)16)12(17)14-6-9-4-5-10(13)18-9/h4-5,7,11H,6H2,1-3H3,(H,14,17)(H,15,16). The van der Waals surface area contributed by atoms with Crippen LogP contribution < -0.4 is 10.6 Å². The van der Waals surface area contributed by atoms with Gasteiger partial charge in [-0.1, -0.05) is 25.4 Å². The molecule has 0 bridgehead atoms. The molecular formula is C12H17ClN2O2S. The lowest BCUT2D eigenvalue weighted by Crippen LogP contribution is -2.48. The van der Waals surface area contributed by atoms with E-state index < -0.39 is 6.04 Å². The van der Waals surface area contributed by atoms with Crippen LogP contribution in [-0.2, 0) is 16.1 Å². The van der Waals surface area contributed by atoms with Crippen LogP contribution in [-0.4, -0.2) is 17.9 Å². The van der Waals surface area contributed by atoms with Gasteiger partial charge < -0.3 is 10.6 Å². The Morgan fingerprint density at radius 2 is 2.06 bits per heavy atom. The molecule has 0 spiro atoms. The van der Waals surface area contributed by atoms with Crippen molar-refractivity contribution in [2.45, 2.75) is 33.4 Å². The smallest absolute Gasteiger partial charge is 0.243 e. The highest BCUT2D eigenvalue weighted by atomic mass is 35.5. The Morgan fingerprint density at radius 3 is 2.50 bits per heavy atom. The summed E-state index contributed by atoms with van der Waals surface area (Å²) >= 11 is 7.23. The van der Waals surface area contributed by atoms with Crippen LogP contribution in [0, 0.1) is 5.92 Å². The van der Waals surface area contributed by atoms with Gasteiger partial charge in [0.25, 0.3) is 0 Å². The SMILES string of the molecule is CC(=O)NC(C(=O)NCc1ccc(Cl)s1)C(C)C. The van der Waals surface area contributed by atoms with E-state index in [4.69, 9.17) is 11.6 Å². The van der Waals surface area contributed by atoms with E-state index >= 15 is 0 Å². The van der Waals surface area contributed by atoms with Crippen LogP contribution in [0.3, 0.4) is 0 Å². The van der Waals surface area contributed by atoms with Crippen molar-refractivity contribution >= 4 is 34.8 Å². The predicted molar refractivity (Wildman–Crippen MR) is 73.6 cm³/mol. The summed E-state index contributed by atoms with van der Waals surface area (Å²) in [4.78, 5) is 24.0. The quantitative estimate of drug-likeness (QED) is 0.872. The van der Waals surface area contributed by atoms with Crippen molar-refractivity contribution in [3.63, 3.8) is 0 Å². The van der Waals surface area contributed by atoms with Crippen molar-refractivity contribution in [3.05, 3.63) is 21.3 Å². The lowest BCUT2D eigenvalue weighted by molar-refractivity contribution is -0.129. The van der Waals surface area contributed by atoms with Crippen LogP contribution in [0.15, 0.2) is 12.1 Å². The molecule has 0 aliphatic carbocycles. The first-order chi connectivity index (χ1) is 8.40. The van der Waals surface area contributed by atoms with Crippen LogP contribution in [0.25, 0.3) is 0 Å². The molecule has 0 aliphatic rings. The fourth-order valence-corrected chi connectivity index (χ4v) is 2.51. The molecule has 1 unspecified atom stereocenters. The fraction of sp³-hybridized carbons (Fsp3) is 0.500. The van der Waals surface area contributed by atoms with E-state index in [0.29, 0.717) is 10.9 Å². The molecule has 1 rings (SSSR count). The molecular weight excluding hydrogens is 272 g/mol. The van der Waals surface area contributed by atoms with E-state index in [1.807, 2.05) is 19.9 Å². The van der Waals surface area contributed by atoms with Gasteiger partial charge in [-0.3, -0.25) is 9.59 Å². The number of nitrogens with one attached hydrogen (secondary N) is 2. The largest absolute Gasteiger partial charge is 0.349 e. The Bertz CT molecular complexity index is 431. The maximum atomic E-state index is 11.9. The van der Waals surface area contributed by atoms with Gasteiger partial charge in [-0.05, 0) is 18.1 Å². The second-order valence-corrected chi connectivity index (χ2v) is 6.15. The molecule has 1 atom stereocenters. The van der Waals surface area contributed by atoms with Crippen molar-refractivity contribution in [3.8, 4) is 0 Å². The Labute approximate surface area is 116 Å². The molecule has 0 fully saturated rings. The van der Waals surface area contributed by atoms with Gasteiger partial charge in [0.05, 0.1) is 10.9 Å². The number of halogens is 1. The molecule has 18 heavy (non-hydrogen) atoms. The van der Waals surface area contributed by atoms with Crippen molar-refractivity contribution in [2.75, 3.05) is 0 Å². The molecule has 0 radical (unpaired) electrons. The highest BCUT2D eigenvalue weighted by Gasteiger charge is 2.22. The zero-order valence-electron chi connectivity index (χ0n) is 10.6. The summed E-state index contributed by atoms with van der Waals surface area (Å²) in [6, 6.07) is 3.16. The van der Waals surface area contributed by atoms with E-state index in [2.05, 4.69) is 10.6 Å². The van der Waals surface area contributed by atoms with Gasteiger partial charge >= 0.3 is 0 Å². The van der Waals surface area contributed by atoms with Crippen molar-refractivity contribution in [1.29, 1.82) is 0 Å². The van der Waals surface area contributed by atoms with Gasteiger partial charge in [0.15, 0.2) is 0 Å². The van der Waals surface area contributed by atoms with Gasteiger partial charge in [0.2, 0.25) is 11.8 Å². The Morgan fingerprint density at radius 1 is 1.39 bits per heavy atom. The van der Waals surface area contributed by atoms with E-state index in [0.717, 1.165) is 4.88 Å². The number of thiophene rings is 1. The summed E-state index contributed by atoms with van der Waals surface area (Å²) in [5.74, 6) is -0.339. The summed E-state index contributed by atoms with van der Waals surface area (Å²) in [6.45, 7) is 5.62. The highest BCUT2D eigenvalue weighted by Crippen LogP contribution is 2.21. The lowest BCUT2D eigenvalue weighted by atomic mass is 10.0. The molecule has 1 heterocycles. The van der Waals surface area contributed by atoms with Crippen LogP contribution in [0.5, 0.6) is 0 Å². The van der Waals surface area contributed by atoms with Gasteiger partial charge in [0, 0.05) is 11.8 Å². The third kappa shape index (κ3) is 4.66. The van der Waals surface area contributed by atoms with Crippen LogP contribution >= 0.6 is 22.9 Å². The van der Waals surface area contributed by atoms with E-state index in [9.17, 15) is 9.59 Å². The first-order valence-electron chi connectivity index (χ1n) is 5.69. The third-order valence-electron chi connectivity index (χ3n) is 2.37. The maximum Gasteiger partial charge on any atom is 0.243 e. The minimum atomic E-state index is -0.502. The number of rotatable bonds is 5. The Balaban J connectivity index is 2.53. The molecule has 0 aromatic carbocycles. The number of hydrogen-bond donors (Lipinski definition) is 2. The van der Waals surface area contributed by atoms with Gasteiger partial charge in [-0.2, -0.15) is 0 Å². The summed E-state index contributed by atoms with van der Waals surface area (Å²) in [7, 11) is 0. The molecule has 2 N–H and O–H groups in total. The van der Waals surface area contributed by atoms with Crippen molar-refractivity contribution in [2.24, 2.45) is 5.92 Å². The molecule has 0 aliphatic heterocycles. The number of amides is 2. The Kier molecular flexibility index (Phi) is 5.62. The Hall–Kier alpha value is -1.07. The summed E-state index contributed by atoms with van der Waals surface area (Å²) in [5.41, 5.74) is 0. The van der Waals surface area contributed by atoms with Crippen LogP contribution in [0.1, 0.15) is 25.6 Å². The number of carbonyl (C=O) groups excluding carboxylic acids is 2. The van der Waals surface area contributed by atoms with Crippen LogP contribution in [0.4, 0.5) is 0 Å². The van der Waals surface area contributed by atoms with Crippen molar-refractivity contribution in [1.82, 2.24) is 10.6 Å². The zero-order chi connectivity index (χ0) is 13.7. The normalized spacial score (nSPS) is 12.3. The second kappa shape index (κ2) is 6.75. The van der Waals surface area contributed by atoms with Gasteiger partial charge in [0.1, 0.15) is 6.04 Å². The summed E-state index contributed by atoms with van der Waals surface area (Å²) in [6.07, 6.45) is 0. The highest BCUT2D eigenvalue weighted by molar-refractivity contribution is 7.16. The van der Waals surface area contributed by atoms with E-state index in [1.165, 1.54) is 18.3 Å². The van der Waals surface area contributed by atoms with E-state index in [-0.39, 0.29) is 17.7 Å². The summed E-state index contributed by atoms with van der Waals surface area (Å²) in [5, 5.41) is 5.44. The van der Waals surface area contributed by atoms with E-state index in [1.54, 1.807) is 6.07 Å². The molecule has 6 heteroatoms. The number of hydrogen-bond acceptors (Lipinski definition) is 3. The second-order valence-electron chi connectivity index (χ2n) is 4.35. The first-order valence-corrected chi connectivity index (χ1v) is 6.88. The van der Waals surface area contributed by atoms with Gasteiger partial charge in [-0.25, -0.2) is 0 Å². The van der Waals surface area contributed by atoms with Gasteiger partial charge in [-0.15, -0.1) is 11.3 Å². The minimum absolute atomic E-state index is 0.0424. The molecule has 0 saturated carbocycles. The molecule has 0 saturated heterocycles. The maximum absolute atomic E-state index is 11.9. The average molecular weight is 289 g/mol. The van der Waals surface area contributed by atoms with Crippen molar-refractivity contribution < 1.29 is 9.59 Å². The molecule has 1 aromatic heterocycles. The molecule has 100 valence electrons. The third-order valence-corrected chi connectivity index (χ3v) is 3.60. The number of carbonyl (C=O) groups is 2. The predicted octanol–water partition coefficient (Wildman–Crippen LogP) is 2.18. The monoisotopic (exact) mass is 288 g/mol.